The van der Waals surface area contributed by atoms with Gasteiger partial charge in [-0.2, -0.15) is 5.26 Å². The molecule has 2 atom stereocenters. The molecule has 0 aromatic rings. The Labute approximate surface area is 166 Å². The lowest BCUT2D eigenvalue weighted by molar-refractivity contribution is -0.294. The Hall–Kier alpha value is -0.280. The lowest BCUT2D eigenvalue weighted by atomic mass is 9.97. The SMILES string of the molecule is CCCCCCCCC(OCC)C(CCCSC#N)(OCC)OCCC. The fourth-order valence-electron chi connectivity index (χ4n) is 3.23. The summed E-state index contributed by atoms with van der Waals surface area (Å²) in [6.45, 7) is 10.4. The molecule has 154 valence electrons. The van der Waals surface area contributed by atoms with E-state index in [-0.39, 0.29) is 6.10 Å². The fourth-order valence-corrected chi connectivity index (χ4v) is 3.61. The van der Waals surface area contributed by atoms with Crippen molar-refractivity contribution in [3.63, 3.8) is 0 Å². The number of hydrogen-bond donors (Lipinski definition) is 0. The molecule has 0 radical (unpaired) electrons. The van der Waals surface area contributed by atoms with Crippen molar-refractivity contribution in [3.05, 3.63) is 0 Å². The van der Waals surface area contributed by atoms with Crippen LogP contribution < -0.4 is 0 Å². The van der Waals surface area contributed by atoms with E-state index >= 15 is 0 Å². The summed E-state index contributed by atoms with van der Waals surface area (Å²) < 4.78 is 18.6. The van der Waals surface area contributed by atoms with Gasteiger partial charge in [-0.3, -0.25) is 0 Å². The van der Waals surface area contributed by atoms with Crippen molar-refractivity contribution in [3.8, 4) is 5.40 Å². The third kappa shape index (κ3) is 11.4. The minimum Gasteiger partial charge on any atom is -0.373 e. The maximum Gasteiger partial charge on any atom is 0.194 e. The maximum absolute atomic E-state index is 8.76. The first-order chi connectivity index (χ1) is 12.7. The van der Waals surface area contributed by atoms with Gasteiger partial charge in [-0.05, 0) is 44.9 Å². The monoisotopic (exact) mass is 387 g/mol. The van der Waals surface area contributed by atoms with E-state index in [1.54, 1.807) is 0 Å². The molecule has 0 aliphatic heterocycles. The van der Waals surface area contributed by atoms with Crippen LogP contribution in [-0.2, 0) is 14.2 Å². The van der Waals surface area contributed by atoms with Crippen LogP contribution in [0.4, 0.5) is 0 Å². The number of nitrogens with zero attached hydrogens (tertiary/aromatic N) is 1. The average Bonchev–Trinajstić information content (AvgIpc) is 2.65. The Kier molecular flexibility index (Phi) is 17.9. The van der Waals surface area contributed by atoms with Crippen LogP contribution in [0.3, 0.4) is 0 Å². The number of thioether (sulfide) groups is 1. The van der Waals surface area contributed by atoms with Crippen molar-refractivity contribution < 1.29 is 14.2 Å². The van der Waals surface area contributed by atoms with E-state index < -0.39 is 5.79 Å². The molecule has 0 aliphatic rings. The number of nitriles is 1. The van der Waals surface area contributed by atoms with Crippen LogP contribution in [0.2, 0.25) is 0 Å². The molecule has 2 unspecified atom stereocenters. The quantitative estimate of drug-likeness (QED) is 0.148. The van der Waals surface area contributed by atoms with Crippen LogP contribution in [-0.4, -0.2) is 37.5 Å². The standard InChI is InChI=1S/C21H41NO3S/c1-5-9-10-11-12-13-15-20(23-7-3)21(24-8-4,25-17-6-2)16-14-18-26-19-22/h20H,5-18H2,1-4H3. The van der Waals surface area contributed by atoms with Crippen LogP contribution in [0.25, 0.3) is 0 Å². The maximum atomic E-state index is 8.76. The van der Waals surface area contributed by atoms with Gasteiger partial charge in [0.1, 0.15) is 11.5 Å². The second-order valence-electron chi connectivity index (χ2n) is 6.64. The van der Waals surface area contributed by atoms with Gasteiger partial charge in [-0.1, -0.05) is 52.4 Å². The summed E-state index contributed by atoms with van der Waals surface area (Å²) in [4.78, 5) is 0. The Morgan fingerprint density at radius 3 is 2.23 bits per heavy atom. The summed E-state index contributed by atoms with van der Waals surface area (Å²) in [6.07, 6.45) is 11.2. The highest BCUT2D eigenvalue weighted by atomic mass is 32.2. The third-order valence-electron chi connectivity index (χ3n) is 4.45. The molecule has 0 bridgehead atoms. The molecular weight excluding hydrogens is 346 g/mol. The molecule has 26 heavy (non-hydrogen) atoms. The molecule has 0 heterocycles. The zero-order valence-electron chi connectivity index (χ0n) is 17.6. The first-order valence-electron chi connectivity index (χ1n) is 10.6. The Balaban J connectivity index is 4.88. The summed E-state index contributed by atoms with van der Waals surface area (Å²) >= 11 is 1.30. The molecule has 5 heteroatoms. The van der Waals surface area contributed by atoms with E-state index in [1.165, 1.54) is 43.9 Å². The first kappa shape index (κ1) is 25.7. The highest BCUT2D eigenvalue weighted by Gasteiger charge is 2.40. The van der Waals surface area contributed by atoms with Gasteiger partial charge in [-0.15, -0.1) is 0 Å². The van der Waals surface area contributed by atoms with Gasteiger partial charge >= 0.3 is 0 Å². The molecule has 0 aromatic carbocycles. The van der Waals surface area contributed by atoms with Gasteiger partial charge in [0.25, 0.3) is 0 Å². The topological polar surface area (TPSA) is 51.5 Å². The van der Waals surface area contributed by atoms with Gasteiger partial charge in [0.15, 0.2) is 5.79 Å². The fraction of sp³-hybridized carbons (Fsp3) is 0.952. The summed E-state index contributed by atoms with van der Waals surface area (Å²) in [5.74, 6) is 0.122. The molecule has 0 spiro atoms. The number of unbranched alkanes of at least 4 members (excludes halogenated alkanes) is 5. The zero-order valence-corrected chi connectivity index (χ0v) is 18.4. The van der Waals surface area contributed by atoms with Crippen molar-refractivity contribution in [2.24, 2.45) is 0 Å². The number of thiocyanates is 1. The number of rotatable bonds is 19. The van der Waals surface area contributed by atoms with E-state index in [2.05, 4.69) is 19.2 Å². The van der Waals surface area contributed by atoms with E-state index in [4.69, 9.17) is 19.5 Å². The normalized spacial score (nSPS) is 14.7. The smallest absolute Gasteiger partial charge is 0.194 e. The van der Waals surface area contributed by atoms with E-state index in [0.717, 1.165) is 37.9 Å². The van der Waals surface area contributed by atoms with Crippen molar-refractivity contribution in [1.82, 2.24) is 0 Å². The minimum atomic E-state index is -0.680. The van der Waals surface area contributed by atoms with Gasteiger partial charge in [0.2, 0.25) is 0 Å². The molecule has 0 rings (SSSR count). The van der Waals surface area contributed by atoms with Gasteiger partial charge < -0.3 is 14.2 Å². The minimum absolute atomic E-state index is 0.0442. The van der Waals surface area contributed by atoms with Crippen molar-refractivity contribution in [2.45, 2.75) is 104 Å². The second kappa shape index (κ2) is 18.1. The van der Waals surface area contributed by atoms with Crippen molar-refractivity contribution >= 4 is 11.8 Å². The van der Waals surface area contributed by atoms with Crippen molar-refractivity contribution in [1.29, 1.82) is 5.26 Å². The van der Waals surface area contributed by atoms with Crippen LogP contribution in [0, 0.1) is 10.7 Å². The lowest BCUT2D eigenvalue weighted by Crippen LogP contribution is -2.49. The Morgan fingerprint density at radius 1 is 0.885 bits per heavy atom. The molecule has 0 saturated heterocycles. The van der Waals surface area contributed by atoms with Gasteiger partial charge in [0, 0.05) is 32.0 Å². The van der Waals surface area contributed by atoms with Crippen LogP contribution >= 0.6 is 11.8 Å². The predicted octanol–water partition coefficient (Wildman–Crippen LogP) is 6.30. The first-order valence-corrected chi connectivity index (χ1v) is 11.6. The Morgan fingerprint density at radius 2 is 1.62 bits per heavy atom. The molecule has 0 aromatic heterocycles. The van der Waals surface area contributed by atoms with Gasteiger partial charge in [0.05, 0.1) is 0 Å². The van der Waals surface area contributed by atoms with E-state index in [9.17, 15) is 0 Å². The molecule has 0 N–H and O–H groups in total. The molecule has 0 aliphatic carbocycles. The molecule has 0 saturated carbocycles. The van der Waals surface area contributed by atoms with Gasteiger partial charge in [-0.25, -0.2) is 0 Å². The summed E-state index contributed by atoms with van der Waals surface area (Å²) in [7, 11) is 0. The Bertz CT molecular complexity index is 349. The van der Waals surface area contributed by atoms with Crippen molar-refractivity contribution in [2.75, 3.05) is 25.6 Å². The summed E-state index contributed by atoms with van der Waals surface area (Å²) in [5.41, 5.74) is 0. The second-order valence-corrected chi connectivity index (χ2v) is 7.52. The molecule has 4 nitrogen and oxygen atoms in total. The van der Waals surface area contributed by atoms with Crippen LogP contribution in [0.5, 0.6) is 0 Å². The summed E-state index contributed by atoms with van der Waals surface area (Å²) in [5, 5.41) is 10.9. The zero-order chi connectivity index (χ0) is 19.5. The van der Waals surface area contributed by atoms with Crippen LogP contribution in [0.15, 0.2) is 0 Å². The summed E-state index contributed by atoms with van der Waals surface area (Å²) in [6, 6.07) is 0. The third-order valence-corrected chi connectivity index (χ3v) is 5.08. The highest BCUT2D eigenvalue weighted by molar-refractivity contribution is 8.03. The lowest BCUT2D eigenvalue weighted by Gasteiger charge is -2.40. The average molecular weight is 388 g/mol. The molecule has 0 fully saturated rings. The highest BCUT2D eigenvalue weighted by Crippen LogP contribution is 2.31. The van der Waals surface area contributed by atoms with E-state index in [0.29, 0.717) is 19.8 Å². The largest absolute Gasteiger partial charge is 0.373 e. The van der Waals surface area contributed by atoms with Crippen LogP contribution in [0.1, 0.15) is 91.9 Å². The number of ether oxygens (including phenoxy) is 3. The molecule has 0 amide bonds. The number of hydrogen-bond acceptors (Lipinski definition) is 5. The predicted molar refractivity (Wildman–Crippen MR) is 111 cm³/mol. The molecular formula is C21H41NO3S. The van der Waals surface area contributed by atoms with E-state index in [1.807, 2.05) is 13.8 Å².